The minimum absolute atomic E-state index is 0.0462. The van der Waals surface area contributed by atoms with Gasteiger partial charge in [0.25, 0.3) is 0 Å². The Bertz CT molecular complexity index is 1240. The number of ether oxygens (including phenoxy) is 4. The Morgan fingerprint density at radius 2 is 1.95 bits per heavy atom. The van der Waals surface area contributed by atoms with E-state index in [1.807, 2.05) is 30.3 Å². The lowest BCUT2D eigenvalue weighted by Gasteiger charge is -2.25. The number of hydrogen-bond acceptors (Lipinski definition) is 12. The highest BCUT2D eigenvalue weighted by atomic mass is 16.6. The normalized spacial score (nSPS) is 31.2. The molecule has 8 atom stereocenters. The van der Waals surface area contributed by atoms with E-state index in [9.17, 15) is 15.3 Å². The van der Waals surface area contributed by atoms with Gasteiger partial charge in [-0.3, -0.25) is 9.88 Å². The van der Waals surface area contributed by atoms with Crippen molar-refractivity contribution < 1.29 is 34.3 Å². The first-order valence-corrected chi connectivity index (χ1v) is 13.8. The molecule has 2 saturated heterocycles. The Morgan fingerprint density at radius 3 is 2.77 bits per heavy atom. The van der Waals surface area contributed by atoms with Crippen LogP contribution < -0.4 is 10.6 Å². The Hall–Kier alpha value is -2.75. The van der Waals surface area contributed by atoms with Gasteiger partial charge in [-0.2, -0.15) is 0 Å². The Kier molecular flexibility index (Phi) is 8.51. The van der Waals surface area contributed by atoms with Gasteiger partial charge in [-0.25, -0.2) is 15.0 Å². The summed E-state index contributed by atoms with van der Waals surface area (Å²) in [5, 5.41) is 38.4. The fourth-order valence-electron chi connectivity index (χ4n) is 5.59. The second kappa shape index (κ2) is 12.4. The van der Waals surface area contributed by atoms with Crippen molar-refractivity contribution in [3.63, 3.8) is 0 Å². The second-order valence-corrected chi connectivity index (χ2v) is 10.5. The maximum absolute atomic E-state index is 10.8. The lowest BCUT2D eigenvalue weighted by atomic mass is 10.1. The third kappa shape index (κ3) is 5.97. The number of anilines is 1. The van der Waals surface area contributed by atoms with Gasteiger partial charge in [0.2, 0.25) is 6.41 Å². The lowest BCUT2D eigenvalue weighted by molar-refractivity contribution is -0.164. The number of hydrogen-bond donors (Lipinski definition) is 5. The summed E-state index contributed by atoms with van der Waals surface area (Å²) in [4.78, 5) is 13.1. The zero-order chi connectivity index (χ0) is 27.5. The van der Waals surface area contributed by atoms with Crippen LogP contribution in [0.25, 0.3) is 11.2 Å². The summed E-state index contributed by atoms with van der Waals surface area (Å²) in [7, 11) is 0. The van der Waals surface area contributed by atoms with E-state index in [0.717, 1.165) is 31.2 Å². The maximum Gasteiger partial charge on any atom is 0.213 e. The van der Waals surface area contributed by atoms with Crippen molar-refractivity contribution in [2.24, 2.45) is 0 Å². The van der Waals surface area contributed by atoms with Gasteiger partial charge in [-0.1, -0.05) is 30.3 Å². The average molecular weight is 557 g/mol. The Labute approximate surface area is 231 Å². The van der Waals surface area contributed by atoms with Crippen molar-refractivity contribution in [1.29, 1.82) is 0 Å². The Morgan fingerprint density at radius 1 is 1.07 bits per heavy atom. The fourth-order valence-corrected chi connectivity index (χ4v) is 5.59. The molecule has 2 aromatic heterocycles. The van der Waals surface area contributed by atoms with Gasteiger partial charge in [0.15, 0.2) is 23.2 Å². The van der Waals surface area contributed by atoms with E-state index in [2.05, 4.69) is 25.6 Å². The van der Waals surface area contributed by atoms with Gasteiger partial charge < -0.3 is 39.6 Å². The molecular formula is C27H36N6O7. The quantitative estimate of drug-likeness (QED) is 0.210. The summed E-state index contributed by atoms with van der Waals surface area (Å²) in [6.07, 6.45) is 0.873. The number of imidazole rings is 1. The molecule has 3 fully saturated rings. The van der Waals surface area contributed by atoms with Gasteiger partial charge in [0, 0.05) is 12.6 Å². The average Bonchev–Trinajstić information content (AvgIpc) is 3.77. The van der Waals surface area contributed by atoms with E-state index in [4.69, 9.17) is 18.9 Å². The molecule has 216 valence electrons. The third-order valence-corrected chi connectivity index (χ3v) is 7.78. The molecule has 1 aromatic carbocycles. The van der Waals surface area contributed by atoms with Crippen molar-refractivity contribution in [2.45, 2.75) is 81.4 Å². The fraction of sp³-hybridized carbons (Fsp3) is 0.593. The molecule has 0 amide bonds. The number of nitrogens with one attached hydrogen (secondary N) is 2. The molecule has 4 heterocycles. The van der Waals surface area contributed by atoms with Crippen LogP contribution in [-0.4, -0.2) is 97.6 Å². The Balaban J connectivity index is 1.03. The number of benzene rings is 1. The molecule has 0 bridgehead atoms. The number of aliphatic hydroxyl groups excluding tert-OH is 3. The highest BCUT2D eigenvalue weighted by Crippen LogP contribution is 2.33. The summed E-state index contributed by atoms with van der Waals surface area (Å²) in [5.74, 6) is 0.569. The van der Waals surface area contributed by atoms with Crippen molar-refractivity contribution in [1.82, 2.24) is 24.8 Å². The van der Waals surface area contributed by atoms with E-state index >= 15 is 0 Å². The molecule has 3 aliphatic rings. The van der Waals surface area contributed by atoms with Crippen LogP contribution in [0.5, 0.6) is 0 Å². The number of fused-ring (bicyclic) bond motifs is 1. The zero-order valence-electron chi connectivity index (χ0n) is 22.1. The first kappa shape index (κ1) is 27.4. The van der Waals surface area contributed by atoms with Gasteiger partial charge in [-0.15, -0.1) is 0 Å². The topological polar surface area (TPSA) is 165 Å². The van der Waals surface area contributed by atoms with Crippen molar-refractivity contribution in [3.8, 4) is 0 Å². The molecule has 5 N–H and O–H groups in total. The largest absolute Gasteiger partial charge is 0.387 e. The first-order valence-electron chi connectivity index (χ1n) is 13.8. The van der Waals surface area contributed by atoms with E-state index in [1.165, 1.54) is 12.7 Å². The van der Waals surface area contributed by atoms with Crippen LogP contribution in [0.15, 0.2) is 43.0 Å². The molecule has 0 radical (unpaired) electrons. The monoisotopic (exact) mass is 556 g/mol. The number of nitrogens with zero attached hydrogens (tertiary/aromatic N) is 4. The number of aromatic nitrogens is 4. The third-order valence-electron chi connectivity index (χ3n) is 7.78. The van der Waals surface area contributed by atoms with Crippen LogP contribution in [0.4, 0.5) is 5.82 Å². The summed E-state index contributed by atoms with van der Waals surface area (Å²) in [6, 6.07) is 10.0. The van der Waals surface area contributed by atoms with Gasteiger partial charge in [-0.05, 0) is 31.2 Å². The second-order valence-electron chi connectivity index (χ2n) is 10.5. The predicted molar refractivity (Wildman–Crippen MR) is 142 cm³/mol. The van der Waals surface area contributed by atoms with E-state index in [-0.39, 0.29) is 24.8 Å². The molecular weight excluding hydrogens is 520 g/mol. The van der Waals surface area contributed by atoms with Crippen LogP contribution in [0.3, 0.4) is 0 Å². The van der Waals surface area contributed by atoms with Gasteiger partial charge in [0.05, 0.1) is 38.3 Å². The van der Waals surface area contributed by atoms with Crippen LogP contribution in [-0.2, 0) is 25.6 Å². The predicted octanol–water partition coefficient (Wildman–Crippen LogP) is 0.666. The van der Waals surface area contributed by atoms with Crippen molar-refractivity contribution in [3.05, 3.63) is 48.5 Å². The first-order chi connectivity index (χ1) is 19.6. The lowest BCUT2D eigenvalue weighted by Crippen LogP contribution is -2.46. The summed E-state index contributed by atoms with van der Waals surface area (Å²) in [6.45, 7) is 1.65. The highest BCUT2D eigenvalue weighted by Gasteiger charge is 2.45. The SMILES string of the molecule is OC(N[C@@H]1CCCC1OCc1ccccc1)OCC1O[C@@H](n2cnc3c(N[C@@H]4CCOC4)ncnc32)[C@H](O)C1O. The highest BCUT2D eigenvalue weighted by molar-refractivity contribution is 5.82. The maximum atomic E-state index is 10.8. The smallest absolute Gasteiger partial charge is 0.213 e. The molecule has 4 unspecified atom stereocenters. The number of rotatable bonds is 11. The van der Waals surface area contributed by atoms with Crippen LogP contribution >= 0.6 is 0 Å². The van der Waals surface area contributed by atoms with Crippen molar-refractivity contribution >= 4 is 17.0 Å². The van der Waals surface area contributed by atoms with E-state index in [1.54, 1.807) is 4.57 Å². The van der Waals surface area contributed by atoms with E-state index in [0.29, 0.717) is 36.8 Å². The molecule has 40 heavy (non-hydrogen) atoms. The molecule has 13 heteroatoms. The van der Waals surface area contributed by atoms with E-state index < -0.39 is 31.0 Å². The van der Waals surface area contributed by atoms with Crippen LogP contribution in [0.1, 0.15) is 37.5 Å². The van der Waals surface area contributed by atoms with Gasteiger partial charge in [0.1, 0.15) is 24.6 Å². The molecule has 0 spiro atoms. The van der Waals surface area contributed by atoms with Crippen molar-refractivity contribution in [2.75, 3.05) is 25.1 Å². The van der Waals surface area contributed by atoms with Gasteiger partial charge >= 0.3 is 0 Å². The molecule has 1 saturated carbocycles. The van der Waals surface area contributed by atoms with Crippen LogP contribution in [0, 0.1) is 0 Å². The molecule has 6 rings (SSSR count). The molecule has 1 aliphatic carbocycles. The minimum atomic E-state index is -1.28. The molecule has 13 nitrogen and oxygen atoms in total. The standard InChI is InChI=1S/C27H36N6O7/c34-22-20(13-39-27(36)32-18-7-4-8-19(18)38-11-16-5-2-1-3-6-16)40-26(23(22)35)33-15-30-21-24(28-14-29-25(21)33)31-17-9-10-37-12-17/h1-3,5-6,14-15,17-20,22-23,26-27,32,34-36H,4,7-13H2,(H,28,29,31)/t17-,18-,19?,20?,22?,23-,26-,27?/m1/s1. The van der Waals surface area contributed by atoms with Crippen LogP contribution in [0.2, 0.25) is 0 Å². The zero-order valence-corrected chi connectivity index (χ0v) is 22.1. The summed E-state index contributed by atoms with van der Waals surface area (Å²) >= 11 is 0. The minimum Gasteiger partial charge on any atom is -0.387 e. The molecule has 2 aliphatic heterocycles. The number of aliphatic hydroxyl groups is 3. The summed E-state index contributed by atoms with van der Waals surface area (Å²) in [5.41, 5.74) is 2.08. The molecule has 3 aromatic rings. The summed E-state index contributed by atoms with van der Waals surface area (Å²) < 4.78 is 24.6.